The number of ether oxygens (including phenoxy) is 1. The van der Waals surface area contributed by atoms with Crippen molar-refractivity contribution < 1.29 is 9.84 Å². The number of aliphatic hydroxyl groups is 1. The van der Waals surface area contributed by atoms with Crippen molar-refractivity contribution in [2.24, 2.45) is 16.8 Å². The summed E-state index contributed by atoms with van der Waals surface area (Å²) >= 11 is 6.17. The molecule has 1 saturated carbocycles. The van der Waals surface area contributed by atoms with E-state index in [2.05, 4.69) is 6.92 Å². The maximum Gasteiger partial charge on any atom is 0.0781 e. The van der Waals surface area contributed by atoms with E-state index in [4.69, 9.17) is 21.3 Å². The van der Waals surface area contributed by atoms with Crippen molar-refractivity contribution in [2.75, 3.05) is 13.7 Å². The second-order valence-electron chi connectivity index (χ2n) is 4.99. The van der Waals surface area contributed by atoms with E-state index in [9.17, 15) is 5.11 Å². The van der Waals surface area contributed by atoms with Crippen LogP contribution in [0.15, 0.2) is 4.99 Å². The molecular weight excluding hydrogens is 238 g/mol. The van der Waals surface area contributed by atoms with Gasteiger partial charge in [0.25, 0.3) is 0 Å². The third-order valence-electron chi connectivity index (χ3n) is 3.55. The lowest BCUT2D eigenvalue weighted by Gasteiger charge is -2.36. The molecule has 0 aromatic heterocycles. The van der Waals surface area contributed by atoms with Crippen molar-refractivity contribution in [3.63, 3.8) is 0 Å². The van der Waals surface area contributed by atoms with Crippen LogP contribution in [0.3, 0.4) is 0 Å². The van der Waals surface area contributed by atoms with E-state index in [-0.39, 0.29) is 17.3 Å². The molecule has 5 atom stereocenters. The van der Waals surface area contributed by atoms with Crippen LogP contribution in [0.25, 0.3) is 0 Å². The molecule has 17 heavy (non-hydrogen) atoms. The van der Waals surface area contributed by atoms with Gasteiger partial charge in [-0.3, -0.25) is 4.99 Å². The average molecular weight is 262 g/mol. The maximum absolute atomic E-state index is 10.0. The zero-order valence-electron chi connectivity index (χ0n) is 11.2. The standard InChI is InChI=1S/C13H24ClNO2/c1-5-10-6-11(14)13(16)9(3)12(10)15-8(2)7-17-4/h8-11,13,16H,5-7H2,1-4H3/t8-,9?,10?,11?,13?/m0/s1. The van der Waals surface area contributed by atoms with Gasteiger partial charge in [0.1, 0.15) is 0 Å². The normalized spacial score (nSPS) is 38.4. The highest BCUT2D eigenvalue weighted by atomic mass is 35.5. The van der Waals surface area contributed by atoms with Crippen molar-refractivity contribution in [3.05, 3.63) is 0 Å². The van der Waals surface area contributed by atoms with E-state index in [0.717, 1.165) is 18.6 Å². The molecule has 0 bridgehead atoms. The number of methoxy groups -OCH3 is 1. The smallest absolute Gasteiger partial charge is 0.0781 e. The summed E-state index contributed by atoms with van der Waals surface area (Å²) in [5.74, 6) is 0.450. The van der Waals surface area contributed by atoms with Crippen LogP contribution in [-0.4, -0.2) is 42.1 Å². The summed E-state index contributed by atoms with van der Waals surface area (Å²) in [6.07, 6.45) is 1.37. The van der Waals surface area contributed by atoms with Crippen molar-refractivity contribution in [1.82, 2.24) is 0 Å². The van der Waals surface area contributed by atoms with E-state index in [1.54, 1.807) is 7.11 Å². The molecule has 4 heteroatoms. The quantitative estimate of drug-likeness (QED) is 0.790. The van der Waals surface area contributed by atoms with Gasteiger partial charge < -0.3 is 9.84 Å². The lowest BCUT2D eigenvalue weighted by molar-refractivity contribution is 0.118. The molecule has 0 aliphatic heterocycles. The molecule has 1 aliphatic rings. The fraction of sp³-hybridized carbons (Fsp3) is 0.923. The zero-order chi connectivity index (χ0) is 13.0. The lowest BCUT2D eigenvalue weighted by atomic mass is 9.77. The summed E-state index contributed by atoms with van der Waals surface area (Å²) in [6, 6.07) is 0.144. The number of aliphatic imine (C=N–C) groups is 1. The second kappa shape index (κ2) is 6.72. The fourth-order valence-electron chi connectivity index (χ4n) is 2.52. The van der Waals surface area contributed by atoms with Crippen LogP contribution in [0.2, 0.25) is 0 Å². The van der Waals surface area contributed by atoms with Gasteiger partial charge in [-0.2, -0.15) is 0 Å². The van der Waals surface area contributed by atoms with Gasteiger partial charge in [-0.15, -0.1) is 11.6 Å². The number of rotatable bonds is 4. The van der Waals surface area contributed by atoms with Gasteiger partial charge in [0.05, 0.1) is 24.1 Å². The molecule has 4 unspecified atom stereocenters. The number of aliphatic hydroxyl groups excluding tert-OH is 1. The van der Waals surface area contributed by atoms with Crippen LogP contribution in [-0.2, 0) is 4.74 Å². The van der Waals surface area contributed by atoms with Crippen molar-refractivity contribution in [2.45, 2.75) is 51.1 Å². The van der Waals surface area contributed by atoms with Crippen molar-refractivity contribution in [3.8, 4) is 0 Å². The summed E-state index contributed by atoms with van der Waals surface area (Å²) in [5.41, 5.74) is 1.11. The van der Waals surface area contributed by atoms with Crippen molar-refractivity contribution >= 4 is 17.3 Å². The van der Waals surface area contributed by atoms with Crippen LogP contribution < -0.4 is 0 Å². The van der Waals surface area contributed by atoms with Crippen LogP contribution in [0.4, 0.5) is 0 Å². The molecule has 0 aromatic carbocycles. The second-order valence-corrected chi connectivity index (χ2v) is 5.56. The highest BCUT2D eigenvalue weighted by Gasteiger charge is 2.37. The first-order chi connectivity index (χ1) is 8.01. The molecule has 1 N–H and O–H groups in total. The molecule has 0 amide bonds. The SMILES string of the molecule is CCC1CC(Cl)C(O)C(C)C1=N[C@@H](C)COC. The topological polar surface area (TPSA) is 41.8 Å². The summed E-state index contributed by atoms with van der Waals surface area (Å²) in [6.45, 7) is 6.82. The highest BCUT2D eigenvalue weighted by Crippen LogP contribution is 2.32. The number of halogens is 1. The molecule has 0 aromatic rings. The summed E-state index contributed by atoms with van der Waals surface area (Å²) in [5, 5.41) is 9.88. The van der Waals surface area contributed by atoms with E-state index in [1.807, 2.05) is 13.8 Å². The number of nitrogens with zero attached hydrogens (tertiary/aromatic N) is 1. The van der Waals surface area contributed by atoms with Gasteiger partial charge >= 0.3 is 0 Å². The van der Waals surface area contributed by atoms with Gasteiger partial charge in [0.2, 0.25) is 0 Å². The van der Waals surface area contributed by atoms with Crippen LogP contribution in [0, 0.1) is 11.8 Å². The Balaban J connectivity index is 2.84. The number of alkyl halides is 1. The Hall–Kier alpha value is -0.120. The van der Waals surface area contributed by atoms with Gasteiger partial charge in [-0.25, -0.2) is 0 Å². The van der Waals surface area contributed by atoms with Gasteiger partial charge in [-0.05, 0) is 25.7 Å². The summed E-state index contributed by atoms with van der Waals surface area (Å²) in [7, 11) is 1.68. The van der Waals surface area contributed by atoms with E-state index in [1.165, 1.54) is 0 Å². The predicted molar refractivity (Wildman–Crippen MR) is 72.0 cm³/mol. The molecule has 0 spiro atoms. The number of hydrogen-bond acceptors (Lipinski definition) is 3. The molecule has 0 saturated heterocycles. The van der Waals surface area contributed by atoms with Crippen molar-refractivity contribution in [1.29, 1.82) is 0 Å². The molecule has 100 valence electrons. The minimum Gasteiger partial charge on any atom is -0.391 e. The molecule has 3 nitrogen and oxygen atoms in total. The Labute approximate surface area is 109 Å². The zero-order valence-corrected chi connectivity index (χ0v) is 11.9. The van der Waals surface area contributed by atoms with Crippen LogP contribution >= 0.6 is 11.6 Å². The molecule has 0 heterocycles. The van der Waals surface area contributed by atoms with Crippen LogP contribution in [0.1, 0.15) is 33.6 Å². The molecule has 1 aliphatic carbocycles. The van der Waals surface area contributed by atoms with Crippen LogP contribution in [0.5, 0.6) is 0 Å². The Morgan fingerprint density at radius 1 is 1.59 bits per heavy atom. The number of hydrogen-bond donors (Lipinski definition) is 1. The summed E-state index contributed by atoms with van der Waals surface area (Å²) in [4.78, 5) is 4.72. The lowest BCUT2D eigenvalue weighted by Crippen LogP contribution is -2.44. The van der Waals surface area contributed by atoms with E-state index in [0.29, 0.717) is 12.5 Å². The molecule has 1 rings (SSSR count). The first-order valence-corrected chi connectivity index (χ1v) is 6.83. The first-order valence-electron chi connectivity index (χ1n) is 6.39. The van der Waals surface area contributed by atoms with Gasteiger partial charge in [-0.1, -0.05) is 13.8 Å². The molecule has 0 radical (unpaired) electrons. The molecular formula is C13H24ClNO2. The third kappa shape index (κ3) is 3.67. The minimum atomic E-state index is -0.479. The van der Waals surface area contributed by atoms with Gasteiger partial charge in [0.15, 0.2) is 0 Å². The predicted octanol–water partition coefficient (Wildman–Crippen LogP) is 2.50. The summed E-state index contributed by atoms with van der Waals surface area (Å²) < 4.78 is 5.10. The maximum atomic E-state index is 10.0. The first kappa shape index (κ1) is 14.9. The minimum absolute atomic E-state index is 0.0514. The fourth-order valence-corrected chi connectivity index (χ4v) is 2.96. The Morgan fingerprint density at radius 2 is 2.24 bits per heavy atom. The average Bonchev–Trinajstić information content (AvgIpc) is 2.30. The third-order valence-corrected chi connectivity index (χ3v) is 3.98. The molecule has 1 fully saturated rings. The highest BCUT2D eigenvalue weighted by molar-refractivity contribution is 6.21. The monoisotopic (exact) mass is 261 g/mol. The largest absolute Gasteiger partial charge is 0.391 e. The van der Waals surface area contributed by atoms with Gasteiger partial charge in [0, 0.05) is 18.7 Å². The van der Waals surface area contributed by atoms with E-state index < -0.39 is 6.10 Å². The Kier molecular flexibility index (Phi) is 5.90. The Bertz CT molecular complexity index is 266. The Morgan fingerprint density at radius 3 is 2.76 bits per heavy atom. The van der Waals surface area contributed by atoms with E-state index >= 15 is 0 Å².